The molecule has 8 nitrogen and oxygen atoms in total. The molecule has 5 rings (SSSR count). The Morgan fingerprint density at radius 3 is 2.33 bits per heavy atom. The number of aromatic nitrogens is 6. The largest absolute Gasteiger partial charge is 0.350 e. The molecule has 0 aliphatic rings. The Labute approximate surface area is 207 Å². The van der Waals surface area contributed by atoms with Crippen LogP contribution in [0.2, 0.25) is 0 Å². The van der Waals surface area contributed by atoms with Crippen LogP contribution in [0.15, 0.2) is 91.1 Å². The zero-order valence-corrected chi connectivity index (χ0v) is 19.6. The van der Waals surface area contributed by atoms with Gasteiger partial charge in [-0.15, -0.1) is 5.10 Å². The van der Waals surface area contributed by atoms with Gasteiger partial charge < -0.3 is 5.32 Å². The summed E-state index contributed by atoms with van der Waals surface area (Å²) in [5.74, 6) is -0.0671. The fourth-order valence-electron chi connectivity index (χ4n) is 4.05. The summed E-state index contributed by atoms with van der Waals surface area (Å²) >= 11 is 0. The molecule has 5 aromatic rings. The molecular weight excluding hydrogens is 457 g/mol. The van der Waals surface area contributed by atoms with E-state index in [-0.39, 0.29) is 18.3 Å². The average molecular weight is 482 g/mol. The molecule has 0 saturated heterocycles. The standard InChI is InChI=1S/C27H24FN7O/c1-19-30-32-33-35(19)25(16-20-12-14-23(28)15-13-20)27(36)29-17-22-18-34(24-10-6-3-7-11-24)31-26(22)21-8-4-2-5-9-21/h2-15,18,25H,16-17H2,1H3,(H,29,36). The second kappa shape index (κ2) is 10.3. The van der Waals surface area contributed by atoms with Crippen LogP contribution in [0.5, 0.6) is 0 Å². The van der Waals surface area contributed by atoms with E-state index in [0.29, 0.717) is 12.2 Å². The number of benzene rings is 3. The minimum absolute atomic E-state index is 0.249. The van der Waals surface area contributed by atoms with Crippen LogP contribution in [0.25, 0.3) is 16.9 Å². The summed E-state index contributed by atoms with van der Waals surface area (Å²) in [5.41, 5.74) is 4.33. The van der Waals surface area contributed by atoms with Crippen LogP contribution in [0.4, 0.5) is 4.39 Å². The molecule has 1 amide bonds. The number of tetrazole rings is 1. The molecule has 2 aromatic heterocycles. The first-order valence-electron chi connectivity index (χ1n) is 11.5. The number of carbonyl (C=O) groups is 1. The Morgan fingerprint density at radius 1 is 0.972 bits per heavy atom. The van der Waals surface area contributed by atoms with Crippen molar-refractivity contribution in [3.8, 4) is 16.9 Å². The first-order valence-corrected chi connectivity index (χ1v) is 11.5. The van der Waals surface area contributed by atoms with Gasteiger partial charge >= 0.3 is 0 Å². The number of nitrogens with one attached hydrogen (secondary N) is 1. The van der Waals surface area contributed by atoms with E-state index in [1.165, 1.54) is 16.8 Å². The number of amides is 1. The van der Waals surface area contributed by atoms with Gasteiger partial charge in [0.1, 0.15) is 17.7 Å². The molecule has 1 atom stereocenters. The molecule has 0 aliphatic carbocycles. The second-order valence-corrected chi connectivity index (χ2v) is 8.38. The minimum atomic E-state index is -0.699. The average Bonchev–Trinajstić information content (AvgIpc) is 3.54. The van der Waals surface area contributed by atoms with Crippen molar-refractivity contribution in [2.24, 2.45) is 0 Å². The molecule has 2 heterocycles. The van der Waals surface area contributed by atoms with E-state index in [1.54, 1.807) is 19.1 Å². The molecule has 0 aliphatic heterocycles. The van der Waals surface area contributed by atoms with E-state index in [4.69, 9.17) is 5.10 Å². The monoisotopic (exact) mass is 481 g/mol. The van der Waals surface area contributed by atoms with Crippen molar-refractivity contribution in [2.75, 3.05) is 0 Å². The topological polar surface area (TPSA) is 90.5 Å². The van der Waals surface area contributed by atoms with Crippen LogP contribution in [0, 0.1) is 12.7 Å². The van der Waals surface area contributed by atoms with Crippen molar-refractivity contribution in [1.29, 1.82) is 0 Å². The van der Waals surface area contributed by atoms with Gasteiger partial charge in [0.05, 0.1) is 11.4 Å². The highest BCUT2D eigenvalue weighted by Gasteiger charge is 2.25. The third-order valence-corrected chi connectivity index (χ3v) is 5.91. The first-order chi connectivity index (χ1) is 17.6. The van der Waals surface area contributed by atoms with Gasteiger partial charge in [0, 0.05) is 30.3 Å². The molecular formula is C27H24FN7O. The van der Waals surface area contributed by atoms with Gasteiger partial charge in [0.15, 0.2) is 0 Å². The number of rotatable bonds is 8. The molecule has 1 unspecified atom stereocenters. The lowest BCUT2D eigenvalue weighted by Crippen LogP contribution is -2.34. The number of halogens is 1. The lowest BCUT2D eigenvalue weighted by molar-refractivity contribution is -0.124. The van der Waals surface area contributed by atoms with Crippen molar-refractivity contribution >= 4 is 5.91 Å². The second-order valence-electron chi connectivity index (χ2n) is 8.38. The van der Waals surface area contributed by atoms with Crippen molar-refractivity contribution < 1.29 is 9.18 Å². The summed E-state index contributed by atoms with van der Waals surface area (Å²) in [4.78, 5) is 13.4. The smallest absolute Gasteiger partial charge is 0.245 e. The van der Waals surface area contributed by atoms with Gasteiger partial charge in [-0.05, 0) is 47.2 Å². The third-order valence-electron chi connectivity index (χ3n) is 5.91. The SMILES string of the molecule is Cc1nnnn1C(Cc1ccc(F)cc1)C(=O)NCc1cn(-c2ccccc2)nc1-c1ccccc1. The predicted molar refractivity (Wildman–Crippen MR) is 133 cm³/mol. The number of para-hydroxylation sites is 1. The van der Waals surface area contributed by atoms with Crippen LogP contribution in [-0.2, 0) is 17.8 Å². The van der Waals surface area contributed by atoms with Gasteiger partial charge in [0.2, 0.25) is 5.91 Å². The summed E-state index contributed by atoms with van der Waals surface area (Å²) in [6.45, 7) is 2.00. The molecule has 3 aromatic carbocycles. The van der Waals surface area contributed by atoms with Crippen LogP contribution in [0.3, 0.4) is 0 Å². The number of carbonyl (C=O) groups excluding carboxylic acids is 1. The summed E-state index contributed by atoms with van der Waals surface area (Å²) in [6, 6.07) is 25.0. The number of aryl methyl sites for hydroxylation is 1. The number of nitrogens with zero attached hydrogens (tertiary/aromatic N) is 6. The van der Waals surface area contributed by atoms with Crippen LogP contribution < -0.4 is 5.32 Å². The molecule has 1 N–H and O–H groups in total. The van der Waals surface area contributed by atoms with E-state index >= 15 is 0 Å². The molecule has 9 heteroatoms. The number of hydrogen-bond donors (Lipinski definition) is 1. The van der Waals surface area contributed by atoms with Gasteiger partial charge in [-0.3, -0.25) is 4.79 Å². The van der Waals surface area contributed by atoms with Gasteiger partial charge in [0.25, 0.3) is 0 Å². The van der Waals surface area contributed by atoms with Crippen molar-refractivity contribution in [3.05, 3.63) is 114 Å². The Hall–Kier alpha value is -4.66. The van der Waals surface area contributed by atoms with Crippen LogP contribution in [0.1, 0.15) is 23.0 Å². The molecule has 0 saturated carbocycles. The first kappa shape index (κ1) is 23.1. The predicted octanol–water partition coefficient (Wildman–Crippen LogP) is 4.07. The van der Waals surface area contributed by atoms with Crippen molar-refractivity contribution in [3.63, 3.8) is 0 Å². The summed E-state index contributed by atoms with van der Waals surface area (Å²) in [6.07, 6.45) is 2.24. The van der Waals surface area contributed by atoms with Crippen molar-refractivity contribution in [1.82, 2.24) is 35.3 Å². The molecule has 180 valence electrons. The zero-order chi connectivity index (χ0) is 24.9. The fourth-order valence-corrected chi connectivity index (χ4v) is 4.05. The third kappa shape index (κ3) is 5.05. The van der Waals surface area contributed by atoms with Crippen LogP contribution in [-0.4, -0.2) is 35.9 Å². The summed E-state index contributed by atoms with van der Waals surface area (Å²) < 4.78 is 16.7. The molecule has 36 heavy (non-hydrogen) atoms. The lowest BCUT2D eigenvalue weighted by Gasteiger charge is -2.17. The van der Waals surface area contributed by atoms with E-state index in [1.807, 2.05) is 71.5 Å². The highest BCUT2D eigenvalue weighted by molar-refractivity contribution is 5.81. The number of hydrogen-bond acceptors (Lipinski definition) is 5. The van der Waals surface area contributed by atoms with Gasteiger partial charge in [-0.25, -0.2) is 13.8 Å². The van der Waals surface area contributed by atoms with E-state index < -0.39 is 6.04 Å². The summed E-state index contributed by atoms with van der Waals surface area (Å²) in [7, 11) is 0. The normalized spacial score (nSPS) is 11.8. The summed E-state index contributed by atoms with van der Waals surface area (Å²) in [5, 5.41) is 19.5. The fraction of sp³-hybridized carbons (Fsp3) is 0.148. The maximum Gasteiger partial charge on any atom is 0.245 e. The van der Waals surface area contributed by atoms with Gasteiger partial charge in [-0.1, -0.05) is 60.7 Å². The lowest BCUT2D eigenvalue weighted by atomic mass is 10.0. The Kier molecular flexibility index (Phi) is 6.61. The molecule has 0 bridgehead atoms. The van der Waals surface area contributed by atoms with E-state index in [0.717, 1.165) is 28.1 Å². The highest BCUT2D eigenvalue weighted by Crippen LogP contribution is 2.24. The van der Waals surface area contributed by atoms with Crippen molar-refractivity contribution in [2.45, 2.75) is 25.9 Å². The molecule has 0 spiro atoms. The zero-order valence-electron chi connectivity index (χ0n) is 19.6. The Morgan fingerprint density at radius 2 is 1.67 bits per heavy atom. The van der Waals surface area contributed by atoms with E-state index in [2.05, 4.69) is 20.8 Å². The Bertz CT molecular complexity index is 1450. The van der Waals surface area contributed by atoms with Crippen LogP contribution >= 0.6 is 0 Å². The highest BCUT2D eigenvalue weighted by atomic mass is 19.1. The molecule has 0 fully saturated rings. The van der Waals surface area contributed by atoms with E-state index in [9.17, 15) is 9.18 Å². The quantitative estimate of drug-likeness (QED) is 0.361. The minimum Gasteiger partial charge on any atom is -0.350 e. The maximum atomic E-state index is 13.4. The maximum absolute atomic E-state index is 13.4. The van der Waals surface area contributed by atoms with Gasteiger partial charge in [-0.2, -0.15) is 5.10 Å². The molecule has 0 radical (unpaired) electrons. The Balaban J connectivity index is 1.42.